The highest BCUT2D eigenvalue weighted by Gasteiger charge is 2.31. The van der Waals surface area contributed by atoms with Crippen LogP contribution in [-0.4, -0.2) is 67.8 Å². The van der Waals surface area contributed by atoms with E-state index in [0.717, 1.165) is 4.90 Å². The van der Waals surface area contributed by atoms with E-state index >= 15 is 0 Å². The van der Waals surface area contributed by atoms with Gasteiger partial charge in [-0.25, -0.2) is 4.79 Å². The van der Waals surface area contributed by atoms with Gasteiger partial charge in [0.1, 0.15) is 5.75 Å². The molecule has 0 unspecified atom stereocenters. The summed E-state index contributed by atoms with van der Waals surface area (Å²) < 4.78 is 10.1. The molecule has 1 aliphatic rings. The first kappa shape index (κ1) is 20.4. The molecule has 1 fully saturated rings. The van der Waals surface area contributed by atoms with Crippen molar-refractivity contribution in [3.8, 4) is 5.75 Å². The number of nitrogens with one attached hydrogen (secondary N) is 2. The van der Waals surface area contributed by atoms with Gasteiger partial charge in [-0.15, -0.1) is 0 Å². The molecule has 2 amide bonds. The zero-order valence-electron chi connectivity index (χ0n) is 15.7. The number of benzene rings is 1. The molecule has 0 saturated carbocycles. The maximum Gasteiger partial charge on any atom is 0.410 e. The molecule has 2 N–H and O–H groups in total. The van der Waals surface area contributed by atoms with E-state index < -0.39 is 4.92 Å². The Kier molecular flexibility index (Phi) is 6.94. The number of nitro benzene ring substituents is 1. The number of non-ortho nitro benzene ring substituents is 1. The summed E-state index contributed by atoms with van der Waals surface area (Å²) in [7, 11) is 1.39. The number of nitrogens with zero attached hydrogens (tertiary/aromatic N) is 2. The molecule has 0 radical (unpaired) electrons. The highest BCUT2D eigenvalue weighted by atomic mass is 16.6. The summed E-state index contributed by atoms with van der Waals surface area (Å²) in [5.41, 5.74) is 0.267. The van der Waals surface area contributed by atoms with E-state index in [-0.39, 0.29) is 29.5 Å². The lowest BCUT2D eigenvalue weighted by molar-refractivity contribution is -0.917. The van der Waals surface area contributed by atoms with E-state index in [1.54, 1.807) is 11.8 Å². The highest BCUT2D eigenvalue weighted by molar-refractivity contribution is 5.95. The van der Waals surface area contributed by atoms with E-state index in [4.69, 9.17) is 9.47 Å². The fourth-order valence-electron chi connectivity index (χ4n) is 2.95. The Labute approximate surface area is 157 Å². The van der Waals surface area contributed by atoms with Crippen molar-refractivity contribution in [1.29, 1.82) is 0 Å². The second kappa shape index (κ2) is 9.17. The third-order valence-electron chi connectivity index (χ3n) is 4.59. The number of rotatable bonds is 6. The Hall–Kier alpha value is -2.88. The summed E-state index contributed by atoms with van der Waals surface area (Å²) in [6.45, 7) is 6.21. The second-order valence-electron chi connectivity index (χ2n) is 6.20. The average molecular weight is 381 g/mol. The van der Waals surface area contributed by atoms with Crippen molar-refractivity contribution in [2.45, 2.75) is 19.9 Å². The molecule has 2 rings (SSSR count). The molecule has 0 aromatic heterocycles. The molecule has 1 saturated heterocycles. The van der Waals surface area contributed by atoms with Crippen molar-refractivity contribution in [3.05, 3.63) is 28.3 Å². The molecule has 1 atom stereocenters. The minimum Gasteiger partial charge on any atom is -0.494 e. The maximum atomic E-state index is 12.6. The van der Waals surface area contributed by atoms with Crippen LogP contribution in [0.3, 0.4) is 0 Å². The molecule has 148 valence electrons. The summed E-state index contributed by atoms with van der Waals surface area (Å²) >= 11 is 0. The number of hydrogen-bond acceptors (Lipinski definition) is 6. The molecule has 10 nitrogen and oxygen atoms in total. The number of anilines is 1. The lowest BCUT2D eigenvalue weighted by Gasteiger charge is -2.34. The Morgan fingerprint density at radius 3 is 2.59 bits per heavy atom. The van der Waals surface area contributed by atoms with Crippen molar-refractivity contribution in [3.63, 3.8) is 0 Å². The first-order chi connectivity index (χ1) is 12.9. The van der Waals surface area contributed by atoms with E-state index in [2.05, 4.69) is 5.32 Å². The molecule has 0 bridgehead atoms. The Morgan fingerprint density at radius 2 is 2.04 bits per heavy atom. The maximum absolute atomic E-state index is 12.6. The Bertz CT molecular complexity index is 703. The van der Waals surface area contributed by atoms with Gasteiger partial charge in [0.2, 0.25) is 0 Å². The second-order valence-corrected chi connectivity index (χ2v) is 6.20. The number of nitro groups is 1. The molecular weight excluding hydrogens is 356 g/mol. The van der Waals surface area contributed by atoms with Gasteiger partial charge in [0.15, 0.2) is 6.04 Å². The summed E-state index contributed by atoms with van der Waals surface area (Å²) in [6.07, 6.45) is -0.329. The van der Waals surface area contributed by atoms with Gasteiger partial charge < -0.3 is 19.7 Å². The van der Waals surface area contributed by atoms with Crippen LogP contribution in [0, 0.1) is 10.1 Å². The zero-order valence-corrected chi connectivity index (χ0v) is 15.7. The minimum atomic E-state index is -0.524. The van der Waals surface area contributed by atoms with Crippen LogP contribution in [0.4, 0.5) is 16.2 Å². The number of amides is 2. The molecule has 0 spiro atoms. The Morgan fingerprint density at radius 1 is 1.37 bits per heavy atom. The van der Waals surface area contributed by atoms with Gasteiger partial charge in [0, 0.05) is 6.07 Å². The largest absolute Gasteiger partial charge is 0.494 e. The molecule has 1 aromatic carbocycles. The molecular formula is C17H25N4O6+. The first-order valence-corrected chi connectivity index (χ1v) is 8.77. The van der Waals surface area contributed by atoms with Crippen molar-refractivity contribution in [2.75, 3.05) is 45.2 Å². The average Bonchev–Trinajstić information content (AvgIpc) is 2.67. The van der Waals surface area contributed by atoms with E-state index in [1.807, 2.05) is 6.92 Å². The number of carbonyl (C=O) groups excluding carboxylic acids is 2. The molecule has 0 aliphatic carbocycles. The number of piperazine rings is 1. The topological polar surface area (TPSA) is 115 Å². The number of hydrogen-bond donors (Lipinski definition) is 2. The third kappa shape index (κ3) is 5.07. The molecule has 10 heteroatoms. The highest BCUT2D eigenvalue weighted by Crippen LogP contribution is 2.28. The van der Waals surface area contributed by atoms with Crippen molar-refractivity contribution >= 4 is 23.4 Å². The summed E-state index contributed by atoms with van der Waals surface area (Å²) in [6, 6.07) is 3.68. The van der Waals surface area contributed by atoms with E-state index in [1.165, 1.54) is 25.3 Å². The van der Waals surface area contributed by atoms with Crippen molar-refractivity contribution in [2.24, 2.45) is 0 Å². The lowest BCUT2D eigenvalue weighted by atomic mass is 10.2. The smallest absolute Gasteiger partial charge is 0.410 e. The van der Waals surface area contributed by atoms with E-state index in [9.17, 15) is 19.7 Å². The number of methoxy groups -OCH3 is 1. The van der Waals surface area contributed by atoms with Crippen LogP contribution in [0.25, 0.3) is 0 Å². The Balaban J connectivity index is 1.96. The van der Waals surface area contributed by atoms with Crippen LogP contribution >= 0.6 is 0 Å². The summed E-state index contributed by atoms with van der Waals surface area (Å²) in [5, 5.41) is 13.6. The van der Waals surface area contributed by atoms with E-state index in [0.29, 0.717) is 38.5 Å². The van der Waals surface area contributed by atoms with Crippen LogP contribution in [0.5, 0.6) is 5.75 Å². The third-order valence-corrected chi connectivity index (χ3v) is 4.59. The number of ether oxygens (including phenoxy) is 2. The molecule has 1 aliphatic heterocycles. The predicted molar refractivity (Wildman–Crippen MR) is 97.0 cm³/mol. The summed E-state index contributed by atoms with van der Waals surface area (Å²) in [4.78, 5) is 37.4. The van der Waals surface area contributed by atoms with Crippen LogP contribution in [0.2, 0.25) is 0 Å². The molecule has 27 heavy (non-hydrogen) atoms. The number of quaternary nitrogens is 1. The monoisotopic (exact) mass is 381 g/mol. The van der Waals surface area contributed by atoms with Gasteiger partial charge in [-0.2, -0.15) is 0 Å². The zero-order chi connectivity index (χ0) is 20.0. The molecule has 1 aromatic rings. The van der Waals surface area contributed by atoms with Gasteiger partial charge in [0.05, 0.1) is 56.6 Å². The van der Waals surface area contributed by atoms with Gasteiger partial charge in [-0.1, -0.05) is 0 Å². The minimum absolute atomic E-state index is 0.112. The van der Waals surface area contributed by atoms with Gasteiger partial charge in [-0.3, -0.25) is 19.8 Å². The van der Waals surface area contributed by atoms with Crippen molar-refractivity contribution < 1.29 is 28.9 Å². The predicted octanol–water partition coefficient (Wildman–Crippen LogP) is 0.287. The van der Waals surface area contributed by atoms with Crippen LogP contribution in [0.1, 0.15) is 13.8 Å². The SMILES string of the molecule is CCOC(=O)N1CC[NH+]([C@@H](C)C(=O)Nc2ccc([N+](=O)[O-])cc2OC)CC1. The van der Waals surface area contributed by atoms with Gasteiger partial charge in [-0.05, 0) is 19.9 Å². The fourth-order valence-corrected chi connectivity index (χ4v) is 2.95. The van der Waals surface area contributed by atoms with Crippen LogP contribution < -0.4 is 15.0 Å². The summed E-state index contributed by atoms with van der Waals surface area (Å²) in [5.74, 6) is 0.00798. The van der Waals surface area contributed by atoms with Crippen LogP contribution in [-0.2, 0) is 9.53 Å². The fraction of sp³-hybridized carbons (Fsp3) is 0.529. The lowest BCUT2D eigenvalue weighted by Crippen LogP contribution is -3.19. The quantitative estimate of drug-likeness (QED) is 0.540. The van der Waals surface area contributed by atoms with Gasteiger partial charge in [0.25, 0.3) is 11.6 Å². The molecule has 1 heterocycles. The standard InChI is InChI=1S/C17H24N4O6/c1-4-27-17(23)20-9-7-19(8-10-20)12(2)16(22)18-14-6-5-13(21(24)25)11-15(14)26-3/h5-6,11-12H,4,7-10H2,1-3H3,(H,18,22)/p+1/t12-/m0/s1. The van der Waals surface area contributed by atoms with Crippen LogP contribution in [0.15, 0.2) is 18.2 Å². The number of carbonyl (C=O) groups is 2. The van der Waals surface area contributed by atoms with Crippen molar-refractivity contribution in [1.82, 2.24) is 4.90 Å². The normalized spacial score (nSPS) is 15.7. The van der Waals surface area contributed by atoms with Gasteiger partial charge >= 0.3 is 6.09 Å². The first-order valence-electron chi connectivity index (χ1n) is 8.77.